The first-order valence-corrected chi connectivity index (χ1v) is 8.46. The number of aliphatic imine (C=N–C) groups is 1. The summed E-state index contributed by atoms with van der Waals surface area (Å²) < 4.78 is 14.1. The summed E-state index contributed by atoms with van der Waals surface area (Å²) in [6.07, 6.45) is 2.87. The number of carbonyl (C=O) groups excluding carboxylic acids is 1. The van der Waals surface area contributed by atoms with Crippen LogP contribution in [0.3, 0.4) is 0 Å². The molecule has 0 unspecified atom stereocenters. The highest BCUT2D eigenvalue weighted by Crippen LogP contribution is 2.48. The van der Waals surface area contributed by atoms with Crippen LogP contribution in [-0.4, -0.2) is 50.5 Å². The second-order valence-corrected chi connectivity index (χ2v) is 6.49. The standard InChI is InChI=1S/C18H27FN4O/c1-4-11-20-17(21-12-16(24)23(2)3)22-13-18(9-10-18)14-7-5-6-8-15(14)19/h5-8H,4,9-13H2,1-3H3,(H2,20,21,22). The van der Waals surface area contributed by atoms with Crippen molar-refractivity contribution in [2.24, 2.45) is 4.99 Å². The highest BCUT2D eigenvalue weighted by molar-refractivity contribution is 5.84. The predicted molar refractivity (Wildman–Crippen MR) is 94.6 cm³/mol. The van der Waals surface area contributed by atoms with Crippen LogP contribution in [-0.2, 0) is 10.2 Å². The van der Waals surface area contributed by atoms with E-state index in [1.54, 1.807) is 20.2 Å². The van der Waals surface area contributed by atoms with E-state index >= 15 is 0 Å². The Morgan fingerprint density at radius 2 is 2.00 bits per heavy atom. The molecule has 2 N–H and O–H groups in total. The summed E-state index contributed by atoms with van der Waals surface area (Å²) in [5, 5.41) is 6.48. The summed E-state index contributed by atoms with van der Waals surface area (Å²) in [5.41, 5.74) is 0.600. The van der Waals surface area contributed by atoms with Gasteiger partial charge in [-0.1, -0.05) is 25.1 Å². The third-order valence-corrected chi connectivity index (χ3v) is 4.31. The summed E-state index contributed by atoms with van der Waals surface area (Å²) in [4.78, 5) is 17.6. The van der Waals surface area contributed by atoms with Gasteiger partial charge in [-0.05, 0) is 30.9 Å². The first-order chi connectivity index (χ1) is 11.5. The molecule has 0 saturated heterocycles. The van der Waals surface area contributed by atoms with Gasteiger partial charge in [0.2, 0.25) is 5.91 Å². The maximum absolute atomic E-state index is 14.1. The minimum atomic E-state index is -0.161. The van der Waals surface area contributed by atoms with Gasteiger partial charge in [0.1, 0.15) is 12.4 Å². The van der Waals surface area contributed by atoms with Crippen LogP contribution in [0.2, 0.25) is 0 Å². The number of nitrogens with zero attached hydrogens (tertiary/aromatic N) is 2. The van der Waals surface area contributed by atoms with E-state index in [0.717, 1.165) is 31.4 Å². The Labute approximate surface area is 143 Å². The van der Waals surface area contributed by atoms with Crippen molar-refractivity contribution in [1.82, 2.24) is 15.5 Å². The molecule has 1 fully saturated rings. The SMILES string of the molecule is CCCNC(=NCC(=O)N(C)C)NCC1(c2ccccc2F)CC1. The molecule has 0 heterocycles. The van der Waals surface area contributed by atoms with E-state index in [2.05, 4.69) is 22.5 Å². The number of hydrogen-bond acceptors (Lipinski definition) is 2. The van der Waals surface area contributed by atoms with Crippen LogP contribution in [0, 0.1) is 5.82 Å². The molecule has 1 amide bonds. The molecule has 5 nitrogen and oxygen atoms in total. The third kappa shape index (κ3) is 4.69. The fraction of sp³-hybridized carbons (Fsp3) is 0.556. The lowest BCUT2D eigenvalue weighted by molar-refractivity contribution is -0.127. The molecular weight excluding hydrogens is 307 g/mol. The second kappa shape index (κ2) is 8.13. The van der Waals surface area contributed by atoms with Gasteiger partial charge in [0, 0.05) is 32.6 Å². The lowest BCUT2D eigenvalue weighted by atomic mass is 9.95. The molecule has 0 bridgehead atoms. The Morgan fingerprint density at radius 1 is 1.29 bits per heavy atom. The van der Waals surface area contributed by atoms with Crippen molar-refractivity contribution < 1.29 is 9.18 Å². The molecule has 132 valence electrons. The minimum absolute atomic E-state index is 0.0529. The van der Waals surface area contributed by atoms with Gasteiger partial charge in [0.25, 0.3) is 0 Å². The van der Waals surface area contributed by atoms with Crippen molar-refractivity contribution in [2.45, 2.75) is 31.6 Å². The van der Waals surface area contributed by atoms with Gasteiger partial charge >= 0.3 is 0 Å². The number of hydrogen-bond donors (Lipinski definition) is 2. The van der Waals surface area contributed by atoms with Crippen LogP contribution >= 0.6 is 0 Å². The predicted octanol–water partition coefficient (Wildman–Crippen LogP) is 1.89. The zero-order valence-electron chi connectivity index (χ0n) is 14.7. The summed E-state index contributed by atoms with van der Waals surface area (Å²) in [6, 6.07) is 6.95. The number of guanidine groups is 1. The lowest BCUT2D eigenvalue weighted by Gasteiger charge is -2.20. The highest BCUT2D eigenvalue weighted by atomic mass is 19.1. The molecule has 1 aromatic carbocycles. The summed E-state index contributed by atoms with van der Waals surface area (Å²) in [6.45, 7) is 3.55. The smallest absolute Gasteiger partial charge is 0.243 e. The van der Waals surface area contributed by atoms with Gasteiger partial charge in [0.05, 0.1) is 0 Å². The Morgan fingerprint density at radius 3 is 2.58 bits per heavy atom. The number of likely N-dealkylation sites (N-methyl/N-ethyl adjacent to an activating group) is 1. The van der Waals surface area contributed by atoms with E-state index in [-0.39, 0.29) is 23.7 Å². The van der Waals surface area contributed by atoms with Crippen LogP contribution in [0.4, 0.5) is 4.39 Å². The lowest BCUT2D eigenvalue weighted by Crippen LogP contribution is -2.42. The van der Waals surface area contributed by atoms with E-state index in [1.807, 2.05) is 12.1 Å². The Hall–Kier alpha value is -2.11. The van der Waals surface area contributed by atoms with E-state index in [4.69, 9.17) is 0 Å². The van der Waals surface area contributed by atoms with Gasteiger partial charge < -0.3 is 15.5 Å². The van der Waals surface area contributed by atoms with Crippen molar-refractivity contribution in [3.63, 3.8) is 0 Å². The zero-order chi connectivity index (χ0) is 17.6. The van der Waals surface area contributed by atoms with Crippen molar-refractivity contribution in [3.05, 3.63) is 35.6 Å². The molecular formula is C18H27FN4O. The van der Waals surface area contributed by atoms with Crippen molar-refractivity contribution in [3.8, 4) is 0 Å². The number of benzene rings is 1. The molecule has 0 radical (unpaired) electrons. The number of rotatable bonds is 7. The van der Waals surface area contributed by atoms with Crippen LogP contribution < -0.4 is 10.6 Å². The van der Waals surface area contributed by atoms with Crippen LogP contribution in [0.5, 0.6) is 0 Å². The molecule has 1 aliphatic rings. The molecule has 0 atom stereocenters. The fourth-order valence-electron chi connectivity index (χ4n) is 2.54. The van der Waals surface area contributed by atoms with Gasteiger partial charge in [-0.25, -0.2) is 9.38 Å². The third-order valence-electron chi connectivity index (χ3n) is 4.31. The van der Waals surface area contributed by atoms with E-state index in [9.17, 15) is 9.18 Å². The second-order valence-electron chi connectivity index (χ2n) is 6.49. The molecule has 0 spiro atoms. The molecule has 0 aromatic heterocycles. The highest BCUT2D eigenvalue weighted by Gasteiger charge is 2.45. The monoisotopic (exact) mass is 334 g/mol. The normalized spacial score (nSPS) is 15.8. The van der Waals surface area contributed by atoms with Gasteiger partial charge in [-0.15, -0.1) is 0 Å². The molecule has 1 saturated carbocycles. The zero-order valence-corrected chi connectivity index (χ0v) is 14.7. The number of carbonyl (C=O) groups is 1. The largest absolute Gasteiger partial charge is 0.356 e. The summed E-state index contributed by atoms with van der Waals surface area (Å²) >= 11 is 0. The molecule has 24 heavy (non-hydrogen) atoms. The van der Waals surface area contributed by atoms with Crippen molar-refractivity contribution in [2.75, 3.05) is 33.7 Å². The maximum atomic E-state index is 14.1. The van der Waals surface area contributed by atoms with Gasteiger partial charge in [-0.2, -0.15) is 0 Å². The summed E-state index contributed by atoms with van der Waals surface area (Å²) in [5.74, 6) is 0.400. The van der Waals surface area contributed by atoms with Crippen molar-refractivity contribution >= 4 is 11.9 Å². The Bertz CT molecular complexity index is 596. The maximum Gasteiger partial charge on any atom is 0.243 e. The molecule has 6 heteroatoms. The van der Waals surface area contributed by atoms with Crippen LogP contribution in [0.1, 0.15) is 31.7 Å². The van der Waals surface area contributed by atoms with Gasteiger partial charge in [0.15, 0.2) is 5.96 Å². The summed E-state index contributed by atoms with van der Waals surface area (Å²) in [7, 11) is 3.42. The van der Waals surface area contributed by atoms with Crippen molar-refractivity contribution in [1.29, 1.82) is 0 Å². The number of halogens is 1. The molecule has 2 rings (SSSR count). The first-order valence-electron chi connectivity index (χ1n) is 8.46. The van der Waals surface area contributed by atoms with Crippen LogP contribution in [0.15, 0.2) is 29.3 Å². The topological polar surface area (TPSA) is 56.7 Å². The average Bonchev–Trinajstić information content (AvgIpc) is 3.35. The minimum Gasteiger partial charge on any atom is -0.356 e. The van der Waals surface area contributed by atoms with E-state index in [1.165, 1.54) is 11.0 Å². The number of amides is 1. The molecule has 1 aromatic rings. The Kier molecular flexibility index (Phi) is 6.17. The van der Waals surface area contributed by atoms with Gasteiger partial charge in [-0.3, -0.25) is 4.79 Å². The quantitative estimate of drug-likeness (QED) is 0.591. The van der Waals surface area contributed by atoms with E-state index < -0.39 is 0 Å². The van der Waals surface area contributed by atoms with Crippen LogP contribution in [0.25, 0.3) is 0 Å². The number of nitrogens with one attached hydrogen (secondary N) is 2. The molecule has 0 aliphatic heterocycles. The average molecular weight is 334 g/mol. The fourth-order valence-corrected chi connectivity index (χ4v) is 2.54. The molecule has 1 aliphatic carbocycles. The van der Waals surface area contributed by atoms with E-state index in [0.29, 0.717) is 12.5 Å². The Balaban J connectivity index is 2.01. The first kappa shape index (κ1) is 18.2.